The normalized spacial score (nSPS) is 48.0. The van der Waals surface area contributed by atoms with Crippen LogP contribution in [0.2, 0.25) is 0 Å². The zero-order valence-corrected chi connectivity index (χ0v) is 4.28. The Balaban J connectivity index is 2.03. The minimum Gasteiger partial charge on any atom is -0.311 e. The summed E-state index contributed by atoms with van der Waals surface area (Å²) in [5.74, 6) is 0. The Morgan fingerprint density at radius 1 is 1.14 bits per heavy atom. The summed E-state index contributed by atoms with van der Waals surface area (Å²) in [5.41, 5.74) is 0. The lowest BCUT2D eigenvalue weighted by molar-refractivity contribution is 0.328. The fourth-order valence-corrected chi connectivity index (χ4v) is 1.34. The van der Waals surface area contributed by atoms with Crippen LogP contribution in [0.3, 0.4) is 0 Å². The van der Waals surface area contributed by atoms with Gasteiger partial charge in [0.15, 0.2) is 0 Å². The van der Waals surface area contributed by atoms with Gasteiger partial charge in [-0.15, -0.1) is 0 Å². The third-order valence-electron chi connectivity index (χ3n) is 1.95. The summed E-state index contributed by atoms with van der Waals surface area (Å²) in [4.78, 5) is 0. The van der Waals surface area contributed by atoms with Crippen LogP contribution in [-0.2, 0) is 0 Å². The molecule has 0 aliphatic carbocycles. The van der Waals surface area contributed by atoms with Gasteiger partial charge in [-0.2, -0.15) is 0 Å². The Hall–Kier alpha value is -0.0800. The van der Waals surface area contributed by atoms with Crippen LogP contribution in [0.5, 0.6) is 0 Å². The molecule has 40 valence electrons. The van der Waals surface area contributed by atoms with E-state index in [-0.39, 0.29) is 0 Å². The van der Waals surface area contributed by atoms with Crippen LogP contribution in [0.4, 0.5) is 0 Å². The molecule has 2 atom stereocenters. The largest absolute Gasteiger partial charge is 0.311 e. The van der Waals surface area contributed by atoms with Crippen molar-refractivity contribution in [3.05, 3.63) is 0 Å². The molecule has 2 rings (SSSR count). The summed E-state index contributed by atoms with van der Waals surface area (Å²) in [5, 5.41) is 6.74. The lowest BCUT2D eigenvalue weighted by Gasteiger charge is -2.31. The molecule has 0 aromatic heterocycles. The second-order valence-electron chi connectivity index (χ2n) is 2.36. The lowest BCUT2D eigenvalue weighted by atomic mass is 10.0. The van der Waals surface area contributed by atoms with Crippen molar-refractivity contribution in [2.24, 2.45) is 0 Å². The molecule has 2 fully saturated rings. The van der Waals surface area contributed by atoms with Gasteiger partial charge in [0.1, 0.15) is 0 Å². The molecule has 2 saturated heterocycles. The van der Waals surface area contributed by atoms with Gasteiger partial charge >= 0.3 is 0 Å². The van der Waals surface area contributed by atoms with E-state index in [1.807, 2.05) is 0 Å². The molecular formula is C5H10N2. The first-order chi connectivity index (χ1) is 3.47. The standard InChI is InChI=1S/C5H10N2/c1-2-6-5-3-7-4(1)5/h4-7H,1-3H2/t4-,5-/m0/s1. The molecule has 0 radical (unpaired) electrons. The Bertz CT molecular complexity index is 72.1. The van der Waals surface area contributed by atoms with Crippen molar-refractivity contribution >= 4 is 0 Å². The molecule has 0 aromatic rings. The molecule has 0 aromatic carbocycles. The topological polar surface area (TPSA) is 24.1 Å². The predicted molar refractivity (Wildman–Crippen MR) is 28.2 cm³/mol. The molecule has 2 aliphatic rings. The molecule has 2 heteroatoms. The molecule has 2 nitrogen and oxygen atoms in total. The molecule has 2 N–H and O–H groups in total. The highest BCUT2D eigenvalue weighted by Gasteiger charge is 2.33. The van der Waals surface area contributed by atoms with Crippen LogP contribution in [-0.4, -0.2) is 25.2 Å². The summed E-state index contributed by atoms with van der Waals surface area (Å²) in [6.07, 6.45) is 1.34. The van der Waals surface area contributed by atoms with E-state index >= 15 is 0 Å². The molecule has 0 spiro atoms. The molecule has 2 heterocycles. The Kier molecular flexibility index (Phi) is 0.664. The molecule has 0 unspecified atom stereocenters. The van der Waals surface area contributed by atoms with Gasteiger partial charge in [-0.3, -0.25) is 0 Å². The number of rotatable bonds is 0. The number of hydrogen-bond acceptors (Lipinski definition) is 2. The summed E-state index contributed by atoms with van der Waals surface area (Å²) < 4.78 is 0. The van der Waals surface area contributed by atoms with Crippen LogP contribution in [0.1, 0.15) is 6.42 Å². The van der Waals surface area contributed by atoms with Crippen LogP contribution in [0, 0.1) is 0 Å². The van der Waals surface area contributed by atoms with E-state index in [9.17, 15) is 0 Å². The van der Waals surface area contributed by atoms with Crippen LogP contribution >= 0.6 is 0 Å². The van der Waals surface area contributed by atoms with E-state index in [0.717, 1.165) is 12.1 Å². The van der Waals surface area contributed by atoms with E-state index in [1.54, 1.807) is 0 Å². The first kappa shape index (κ1) is 3.87. The van der Waals surface area contributed by atoms with Gasteiger partial charge in [0.05, 0.1) is 0 Å². The molecule has 7 heavy (non-hydrogen) atoms. The van der Waals surface area contributed by atoms with Crippen molar-refractivity contribution in [1.29, 1.82) is 0 Å². The minimum atomic E-state index is 0.833. The summed E-state index contributed by atoms with van der Waals surface area (Å²) >= 11 is 0. The zero-order valence-electron chi connectivity index (χ0n) is 4.28. The van der Waals surface area contributed by atoms with Crippen molar-refractivity contribution in [1.82, 2.24) is 10.6 Å². The third-order valence-corrected chi connectivity index (χ3v) is 1.95. The SMILES string of the molecule is C1C[C@@H]2NC[C@@H]2N1. The van der Waals surface area contributed by atoms with Gasteiger partial charge in [-0.25, -0.2) is 0 Å². The van der Waals surface area contributed by atoms with Gasteiger partial charge in [0.2, 0.25) is 0 Å². The maximum absolute atomic E-state index is 3.39. The zero-order chi connectivity index (χ0) is 4.69. The molecular weight excluding hydrogens is 88.1 g/mol. The van der Waals surface area contributed by atoms with Crippen molar-refractivity contribution in [2.45, 2.75) is 18.5 Å². The minimum absolute atomic E-state index is 0.833. The van der Waals surface area contributed by atoms with Gasteiger partial charge < -0.3 is 10.6 Å². The molecule has 0 saturated carbocycles. The number of hydrogen-bond donors (Lipinski definition) is 2. The van der Waals surface area contributed by atoms with Crippen molar-refractivity contribution in [3.63, 3.8) is 0 Å². The van der Waals surface area contributed by atoms with Crippen LogP contribution in [0.15, 0.2) is 0 Å². The third kappa shape index (κ3) is 0.409. The average Bonchev–Trinajstić information content (AvgIpc) is 1.85. The monoisotopic (exact) mass is 98.1 g/mol. The van der Waals surface area contributed by atoms with E-state index in [0.29, 0.717) is 0 Å². The van der Waals surface area contributed by atoms with E-state index in [1.165, 1.54) is 19.5 Å². The van der Waals surface area contributed by atoms with Crippen molar-refractivity contribution in [2.75, 3.05) is 13.1 Å². The van der Waals surface area contributed by atoms with Crippen molar-refractivity contribution in [3.8, 4) is 0 Å². The number of fused-ring (bicyclic) bond motifs is 1. The highest BCUT2D eigenvalue weighted by Crippen LogP contribution is 2.12. The average molecular weight is 98.1 g/mol. The van der Waals surface area contributed by atoms with Gasteiger partial charge in [0.25, 0.3) is 0 Å². The van der Waals surface area contributed by atoms with E-state index in [4.69, 9.17) is 0 Å². The van der Waals surface area contributed by atoms with E-state index in [2.05, 4.69) is 10.6 Å². The quantitative estimate of drug-likeness (QED) is 0.419. The first-order valence-corrected chi connectivity index (χ1v) is 2.93. The maximum atomic E-state index is 3.39. The molecule has 0 amide bonds. The number of nitrogens with one attached hydrogen (secondary N) is 2. The summed E-state index contributed by atoms with van der Waals surface area (Å²) in [7, 11) is 0. The van der Waals surface area contributed by atoms with Gasteiger partial charge in [-0.05, 0) is 13.0 Å². The van der Waals surface area contributed by atoms with Gasteiger partial charge in [0, 0.05) is 18.6 Å². The van der Waals surface area contributed by atoms with Crippen LogP contribution < -0.4 is 10.6 Å². The maximum Gasteiger partial charge on any atom is 0.0347 e. The highest BCUT2D eigenvalue weighted by atomic mass is 15.2. The van der Waals surface area contributed by atoms with E-state index < -0.39 is 0 Å². The second-order valence-corrected chi connectivity index (χ2v) is 2.36. The Labute approximate surface area is 43.3 Å². The van der Waals surface area contributed by atoms with Gasteiger partial charge in [-0.1, -0.05) is 0 Å². The smallest absolute Gasteiger partial charge is 0.0347 e. The fraction of sp³-hybridized carbons (Fsp3) is 1.00. The summed E-state index contributed by atoms with van der Waals surface area (Å²) in [6, 6.07) is 1.67. The molecule has 2 aliphatic heterocycles. The Morgan fingerprint density at radius 3 is 2.43 bits per heavy atom. The van der Waals surface area contributed by atoms with Crippen molar-refractivity contribution < 1.29 is 0 Å². The predicted octanol–water partition coefficient (Wildman–Crippen LogP) is -0.680. The Morgan fingerprint density at radius 2 is 2.14 bits per heavy atom. The second kappa shape index (κ2) is 1.20. The molecule has 0 bridgehead atoms. The first-order valence-electron chi connectivity index (χ1n) is 2.93. The summed E-state index contributed by atoms with van der Waals surface area (Å²) in [6.45, 7) is 2.42. The highest BCUT2D eigenvalue weighted by molar-refractivity contribution is 4.98. The lowest BCUT2D eigenvalue weighted by Crippen LogP contribution is -2.58. The van der Waals surface area contributed by atoms with Crippen LogP contribution in [0.25, 0.3) is 0 Å². The fourth-order valence-electron chi connectivity index (χ4n) is 1.34.